The van der Waals surface area contributed by atoms with E-state index in [4.69, 9.17) is 9.84 Å². The van der Waals surface area contributed by atoms with Gasteiger partial charge in [0, 0.05) is 13.2 Å². The van der Waals surface area contributed by atoms with Crippen LogP contribution in [0.2, 0.25) is 0 Å². The Labute approximate surface area is 111 Å². The molecule has 0 saturated heterocycles. The monoisotopic (exact) mass is 289 g/mol. The Hall–Kier alpha value is -1.02. The molecule has 0 aromatic heterocycles. The first-order chi connectivity index (χ1) is 8.96. The topological polar surface area (TPSA) is 75.6 Å². The van der Waals surface area contributed by atoms with Gasteiger partial charge in [-0.25, -0.2) is 17.5 Å². The van der Waals surface area contributed by atoms with Crippen LogP contribution in [0.5, 0.6) is 0 Å². The van der Waals surface area contributed by atoms with Crippen molar-refractivity contribution < 1.29 is 22.7 Å². The van der Waals surface area contributed by atoms with Gasteiger partial charge in [0.15, 0.2) is 0 Å². The van der Waals surface area contributed by atoms with Crippen LogP contribution in [0.4, 0.5) is 4.39 Å². The molecule has 1 saturated carbocycles. The summed E-state index contributed by atoms with van der Waals surface area (Å²) >= 11 is 0. The van der Waals surface area contributed by atoms with Gasteiger partial charge in [0.05, 0.1) is 12.7 Å². The van der Waals surface area contributed by atoms with Gasteiger partial charge < -0.3 is 9.84 Å². The number of benzene rings is 1. The van der Waals surface area contributed by atoms with Gasteiger partial charge in [-0.2, -0.15) is 0 Å². The average Bonchev–Trinajstić information content (AvgIpc) is 2.33. The van der Waals surface area contributed by atoms with Gasteiger partial charge in [0.25, 0.3) is 0 Å². The minimum atomic E-state index is -3.91. The molecule has 0 spiro atoms. The normalized spacial score (nSPS) is 23.1. The van der Waals surface area contributed by atoms with Crippen LogP contribution in [0.3, 0.4) is 0 Å². The summed E-state index contributed by atoms with van der Waals surface area (Å²) in [4.78, 5) is -0.431. The molecule has 0 heterocycles. The summed E-state index contributed by atoms with van der Waals surface area (Å²) in [6, 6.07) is 3.30. The lowest BCUT2D eigenvalue weighted by molar-refractivity contribution is 0.0236. The van der Waals surface area contributed by atoms with Crippen LogP contribution >= 0.6 is 0 Å². The maximum Gasteiger partial charge on any atom is 0.243 e. The van der Waals surface area contributed by atoms with Crippen molar-refractivity contribution in [1.29, 1.82) is 0 Å². The smallest absolute Gasteiger partial charge is 0.243 e. The highest BCUT2D eigenvalue weighted by molar-refractivity contribution is 7.89. The summed E-state index contributed by atoms with van der Waals surface area (Å²) in [5.41, 5.74) is 0.352. The zero-order chi connectivity index (χ0) is 14.0. The number of rotatable bonds is 5. The van der Waals surface area contributed by atoms with Gasteiger partial charge in [0.1, 0.15) is 10.7 Å². The van der Waals surface area contributed by atoms with Crippen LogP contribution in [0.15, 0.2) is 23.1 Å². The molecule has 1 aromatic rings. The maximum absolute atomic E-state index is 13.6. The third-order valence-electron chi connectivity index (χ3n) is 3.22. The lowest BCUT2D eigenvalue weighted by Gasteiger charge is -2.34. The summed E-state index contributed by atoms with van der Waals surface area (Å²) in [7, 11) is -2.34. The molecule has 1 fully saturated rings. The fraction of sp³-hybridized carbons (Fsp3) is 0.500. The highest BCUT2D eigenvalue weighted by atomic mass is 32.2. The molecule has 5 nitrogen and oxygen atoms in total. The molecule has 1 aromatic carbocycles. The first-order valence-corrected chi connectivity index (χ1v) is 7.39. The number of ether oxygens (including phenoxy) is 1. The molecule has 2 rings (SSSR count). The second-order valence-corrected chi connectivity index (χ2v) is 6.25. The fourth-order valence-electron chi connectivity index (χ4n) is 1.99. The Morgan fingerprint density at radius 1 is 1.47 bits per heavy atom. The number of hydrogen-bond donors (Lipinski definition) is 2. The first-order valence-electron chi connectivity index (χ1n) is 5.90. The third-order valence-corrected chi connectivity index (χ3v) is 4.75. The summed E-state index contributed by atoms with van der Waals surface area (Å²) < 4.78 is 45.2. The van der Waals surface area contributed by atoms with Gasteiger partial charge in [-0.3, -0.25) is 0 Å². The number of aliphatic hydroxyl groups is 1. The number of halogens is 1. The van der Waals surface area contributed by atoms with Crippen LogP contribution in [0.1, 0.15) is 18.4 Å². The largest absolute Gasteiger partial charge is 0.392 e. The molecule has 19 heavy (non-hydrogen) atoms. The van der Waals surface area contributed by atoms with Crippen molar-refractivity contribution in [3.8, 4) is 0 Å². The minimum Gasteiger partial charge on any atom is -0.392 e. The second-order valence-electron chi connectivity index (χ2n) is 4.57. The van der Waals surface area contributed by atoms with Crippen LogP contribution in [0, 0.1) is 5.82 Å². The summed E-state index contributed by atoms with van der Waals surface area (Å²) in [5.74, 6) is -0.827. The minimum absolute atomic E-state index is 0.0568. The van der Waals surface area contributed by atoms with Crippen LogP contribution < -0.4 is 4.72 Å². The van der Waals surface area contributed by atoms with E-state index < -0.39 is 20.7 Å². The van der Waals surface area contributed by atoms with Crippen molar-refractivity contribution in [1.82, 2.24) is 4.72 Å². The third kappa shape index (κ3) is 3.11. The van der Waals surface area contributed by atoms with E-state index in [-0.39, 0.29) is 18.8 Å². The van der Waals surface area contributed by atoms with E-state index in [0.717, 1.165) is 12.1 Å². The van der Waals surface area contributed by atoms with Crippen molar-refractivity contribution in [2.45, 2.75) is 36.5 Å². The molecule has 0 amide bonds. The van der Waals surface area contributed by atoms with Gasteiger partial charge >= 0.3 is 0 Å². The average molecular weight is 289 g/mol. The summed E-state index contributed by atoms with van der Waals surface area (Å²) in [6.45, 7) is -0.335. The lowest BCUT2D eigenvalue weighted by Crippen LogP contribution is -2.47. The van der Waals surface area contributed by atoms with E-state index in [2.05, 4.69) is 4.72 Å². The predicted molar refractivity (Wildman–Crippen MR) is 66.5 cm³/mol. The molecule has 106 valence electrons. The van der Waals surface area contributed by atoms with Crippen molar-refractivity contribution in [3.63, 3.8) is 0 Å². The summed E-state index contributed by atoms with van der Waals surface area (Å²) in [6.07, 6.45) is 1.22. The molecule has 1 aliphatic carbocycles. The Kier molecular flexibility index (Phi) is 4.19. The van der Waals surface area contributed by atoms with Gasteiger partial charge in [-0.05, 0) is 30.5 Å². The Balaban J connectivity index is 2.15. The van der Waals surface area contributed by atoms with Crippen LogP contribution in [0.25, 0.3) is 0 Å². The van der Waals surface area contributed by atoms with E-state index in [1.807, 2.05) is 0 Å². The maximum atomic E-state index is 13.6. The van der Waals surface area contributed by atoms with E-state index in [1.165, 1.54) is 6.07 Å². The van der Waals surface area contributed by atoms with Crippen molar-refractivity contribution >= 4 is 10.0 Å². The van der Waals surface area contributed by atoms with E-state index in [1.54, 1.807) is 7.11 Å². The molecule has 7 heteroatoms. The van der Waals surface area contributed by atoms with Crippen molar-refractivity contribution in [2.75, 3.05) is 7.11 Å². The summed E-state index contributed by atoms with van der Waals surface area (Å²) in [5, 5.41) is 8.97. The molecule has 2 N–H and O–H groups in total. The van der Waals surface area contributed by atoms with Gasteiger partial charge in [-0.1, -0.05) is 6.07 Å². The fourth-order valence-corrected chi connectivity index (χ4v) is 3.38. The predicted octanol–water partition coefficient (Wildman–Crippen LogP) is 0.774. The standard InChI is InChI=1S/C12H16FNO4S/c1-18-10-5-9(6-10)14-19(16,17)12-4-8(7-15)2-3-11(12)13/h2-4,9-10,14-15H,5-7H2,1H3. The zero-order valence-corrected chi connectivity index (χ0v) is 11.3. The van der Waals surface area contributed by atoms with E-state index >= 15 is 0 Å². The molecule has 0 unspecified atom stereocenters. The molecule has 1 aliphatic rings. The Morgan fingerprint density at radius 3 is 2.74 bits per heavy atom. The van der Waals surface area contributed by atoms with Crippen LogP contribution in [-0.4, -0.2) is 32.8 Å². The van der Waals surface area contributed by atoms with E-state index in [0.29, 0.717) is 18.4 Å². The highest BCUT2D eigenvalue weighted by Gasteiger charge is 2.33. The highest BCUT2D eigenvalue weighted by Crippen LogP contribution is 2.25. The first kappa shape index (κ1) is 14.4. The van der Waals surface area contributed by atoms with Crippen molar-refractivity contribution in [2.24, 2.45) is 0 Å². The Morgan fingerprint density at radius 2 is 2.16 bits per heavy atom. The second kappa shape index (κ2) is 5.54. The molecule has 0 atom stereocenters. The van der Waals surface area contributed by atoms with Gasteiger partial charge in [-0.15, -0.1) is 0 Å². The molecule has 0 bridgehead atoms. The van der Waals surface area contributed by atoms with Gasteiger partial charge in [0.2, 0.25) is 10.0 Å². The van der Waals surface area contributed by atoms with E-state index in [9.17, 15) is 12.8 Å². The molecular formula is C12H16FNO4S. The zero-order valence-electron chi connectivity index (χ0n) is 10.5. The molecule has 0 aliphatic heterocycles. The molecular weight excluding hydrogens is 273 g/mol. The quantitative estimate of drug-likeness (QED) is 0.839. The number of aliphatic hydroxyl groups excluding tert-OH is 1. The van der Waals surface area contributed by atoms with Crippen molar-refractivity contribution in [3.05, 3.63) is 29.6 Å². The number of hydrogen-bond acceptors (Lipinski definition) is 4. The Bertz CT molecular complexity index is 555. The number of methoxy groups -OCH3 is 1. The molecule has 0 radical (unpaired) electrons. The SMILES string of the molecule is COC1CC(NS(=O)(=O)c2cc(CO)ccc2F)C1. The number of nitrogens with one attached hydrogen (secondary N) is 1. The van der Waals surface area contributed by atoms with Crippen LogP contribution in [-0.2, 0) is 21.4 Å². The number of sulfonamides is 1. The lowest BCUT2D eigenvalue weighted by atomic mass is 9.90.